The molecule has 5 heteroatoms. The van der Waals surface area contributed by atoms with Crippen LogP contribution in [0.4, 0.5) is 0 Å². The van der Waals surface area contributed by atoms with Crippen molar-refractivity contribution in [1.29, 1.82) is 0 Å². The van der Waals surface area contributed by atoms with Crippen LogP contribution >= 0.6 is 27.3 Å². The standard InChI is InChI=1S/C9H7BrN2OS/c10-7-4-8(14-6-7)5-12-9(13)2-1-3-11-12/h1-4,6H,5H2. The van der Waals surface area contributed by atoms with E-state index in [1.165, 1.54) is 10.7 Å². The van der Waals surface area contributed by atoms with Crippen molar-refractivity contribution >= 4 is 27.3 Å². The summed E-state index contributed by atoms with van der Waals surface area (Å²) in [6.45, 7) is 0.538. The van der Waals surface area contributed by atoms with E-state index in [1.54, 1.807) is 23.6 Å². The van der Waals surface area contributed by atoms with Crippen molar-refractivity contribution in [3.8, 4) is 0 Å². The number of thiophene rings is 1. The zero-order valence-corrected chi connectivity index (χ0v) is 9.59. The summed E-state index contributed by atoms with van der Waals surface area (Å²) in [6.07, 6.45) is 1.62. The van der Waals surface area contributed by atoms with Gasteiger partial charge in [-0.1, -0.05) is 0 Å². The summed E-state index contributed by atoms with van der Waals surface area (Å²) in [7, 11) is 0. The molecule has 0 aliphatic carbocycles. The lowest BCUT2D eigenvalue weighted by atomic mass is 10.4. The molecule has 3 nitrogen and oxygen atoms in total. The van der Waals surface area contributed by atoms with Crippen LogP contribution in [0.15, 0.2) is 39.0 Å². The van der Waals surface area contributed by atoms with Gasteiger partial charge in [0.05, 0.1) is 6.54 Å². The Balaban J connectivity index is 2.27. The second-order valence-corrected chi connectivity index (χ2v) is 4.66. The van der Waals surface area contributed by atoms with Crippen molar-refractivity contribution < 1.29 is 0 Å². The van der Waals surface area contributed by atoms with E-state index in [-0.39, 0.29) is 5.56 Å². The maximum absolute atomic E-state index is 11.3. The maximum atomic E-state index is 11.3. The van der Waals surface area contributed by atoms with E-state index < -0.39 is 0 Å². The Morgan fingerprint density at radius 1 is 1.57 bits per heavy atom. The smallest absolute Gasteiger partial charge is 0.267 e. The number of hydrogen-bond donors (Lipinski definition) is 0. The average molecular weight is 271 g/mol. The number of hydrogen-bond acceptors (Lipinski definition) is 3. The first-order chi connectivity index (χ1) is 6.75. The number of aromatic nitrogens is 2. The molecule has 2 heterocycles. The third-order valence-corrected chi connectivity index (χ3v) is 3.40. The minimum Gasteiger partial charge on any atom is -0.268 e. The fraction of sp³-hybridized carbons (Fsp3) is 0.111. The van der Waals surface area contributed by atoms with Crippen molar-refractivity contribution in [2.45, 2.75) is 6.54 Å². The number of rotatable bonds is 2. The lowest BCUT2D eigenvalue weighted by Gasteiger charge is -1.99. The highest BCUT2D eigenvalue weighted by molar-refractivity contribution is 9.10. The van der Waals surface area contributed by atoms with Crippen molar-refractivity contribution in [3.63, 3.8) is 0 Å². The van der Waals surface area contributed by atoms with Gasteiger partial charge in [0.2, 0.25) is 0 Å². The van der Waals surface area contributed by atoms with Gasteiger partial charge in [0, 0.05) is 27.0 Å². The van der Waals surface area contributed by atoms with Gasteiger partial charge in [-0.05, 0) is 28.1 Å². The van der Waals surface area contributed by atoms with Crippen molar-refractivity contribution in [2.75, 3.05) is 0 Å². The SMILES string of the molecule is O=c1cccnn1Cc1cc(Br)cs1. The average Bonchev–Trinajstić information content (AvgIpc) is 2.56. The van der Waals surface area contributed by atoms with Gasteiger partial charge in [0.15, 0.2) is 0 Å². The quantitative estimate of drug-likeness (QED) is 0.838. The Kier molecular flexibility index (Phi) is 2.79. The lowest BCUT2D eigenvalue weighted by molar-refractivity contribution is 0.645. The zero-order chi connectivity index (χ0) is 9.97. The fourth-order valence-corrected chi connectivity index (χ4v) is 2.52. The van der Waals surface area contributed by atoms with E-state index in [4.69, 9.17) is 0 Å². The van der Waals surface area contributed by atoms with Crippen molar-refractivity contribution in [2.24, 2.45) is 0 Å². The molecule has 0 radical (unpaired) electrons. The molecule has 0 spiro atoms. The predicted molar refractivity (Wildman–Crippen MR) is 59.6 cm³/mol. The summed E-state index contributed by atoms with van der Waals surface area (Å²) < 4.78 is 2.49. The second-order valence-electron chi connectivity index (χ2n) is 2.75. The molecule has 2 rings (SSSR count). The Morgan fingerprint density at radius 3 is 3.07 bits per heavy atom. The first-order valence-corrected chi connectivity index (χ1v) is 5.68. The van der Waals surface area contributed by atoms with Gasteiger partial charge >= 0.3 is 0 Å². The van der Waals surface area contributed by atoms with Gasteiger partial charge in [-0.3, -0.25) is 4.79 Å². The first-order valence-electron chi connectivity index (χ1n) is 4.01. The molecule has 0 aliphatic rings. The normalized spacial score (nSPS) is 10.4. The molecule has 0 aliphatic heterocycles. The zero-order valence-electron chi connectivity index (χ0n) is 7.18. The van der Waals surface area contributed by atoms with Gasteiger partial charge in [-0.2, -0.15) is 5.10 Å². The highest BCUT2D eigenvalue weighted by Crippen LogP contribution is 2.19. The van der Waals surface area contributed by atoms with Crippen LogP contribution in [-0.4, -0.2) is 9.78 Å². The summed E-state index contributed by atoms with van der Waals surface area (Å²) in [6, 6.07) is 5.14. The van der Waals surface area contributed by atoms with Crippen LogP contribution in [0, 0.1) is 0 Å². The van der Waals surface area contributed by atoms with Crippen LogP contribution in [0.5, 0.6) is 0 Å². The van der Waals surface area contributed by atoms with E-state index >= 15 is 0 Å². The molecule has 2 aromatic heterocycles. The first kappa shape index (κ1) is 9.61. The molecular formula is C9H7BrN2OS. The van der Waals surface area contributed by atoms with Crippen molar-refractivity contribution in [3.05, 3.63) is 49.5 Å². The van der Waals surface area contributed by atoms with Crippen LogP contribution < -0.4 is 5.56 Å². The van der Waals surface area contributed by atoms with Crippen LogP contribution in [0.2, 0.25) is 0 Å². The van der Waals surface area contributed by atoms with Crippen molar-refractivity contribution in [1.82, 2.24) is 9.78 Å². The van der Waals surface area contributed by atoms with E-state index in [9.17, 15) is 4.79 Å². The van der Waals surface area contributed by atoms with Crippen LogP contribution in [0.1, 0.15) is 4.88 Å². The number of halogens is 1. The third-order valence-electron chi connectivity index (χ3n) is 1.71. The minimum atomic E-state index is -0.0722. The van der Waals surface area contributed by atoms with Crippen LogP contribution in [0.3, 0.4) is 0 Å². The molecule has 0 aromatic carbocycles. The van der Waals surface area contributed by atoms with E-state index in [0.29, 0.717) is 6.54 Å². The summed E-state index contributed by atoms with van der Waals surface area (Å²) in [5.41, 5.74) is -0.0722. The van der Waals surface area contributed by atoms with Gasteiger partial charge in [0.25, 0.3) is 5.56 Å². The molecule has 0 bridgehead atoms. The Morgan fingerprint density at radius 2 is 2.43 bits per heavy atom. The Hall–Kier alpha value is -0.940. The lowest BCUT2D eigenvalue weighted by Crippen LogP contribution is -2.21. The number of nitrogens with zero attached hydrogens (tertiary/aromatic N) is 2. The molecule has 0 amide bonds. The van der Waals surface area contributed by atoms with E-state index in [2.05, 4.69) is 21.0 Å². The van der Waals surface area contributed by atoms with Gasteiger partial charge in [0.1, 0.15) is 0 Å². The minimum absolute atomic E-state index is 0.0722. The Labute approximate surface area is 93.1 Å². The molecule has 0 saturated heterocycles. The molecule has 0 unspecified atom stereocenters. The summed E-state index contributed by atoms with van der Waals surface area (Å²) in [5, 5.41) is 5.97. The molecule has 2 aromatic rings. The monoisotopic (exact) mass is 270 g/mol. The molecule has 14 heavy (non-hydrogen) atoms. The third kappa shape index (κ3) is 2.10. The van der Waals surface area contributed by atoms with Gasteiger partial charge < -0.3 is 0 Å². The predicted octanol–water partition coefficient (Wildman–Crippen LogP) is 2.12. The summed E-state index contributed by atoms with van der Waals surface area (Å²) in [4.78, 5) is 12.4. The fourth-order valence-electron chi connectivity index (χ4n) is 1.09. The molecule has 0 N–H and O–H groups in total. The molecule has 72 valence electrons. The highest BCUT2D eigenvalue weighted by atomic mass is 79.9. The van der Waals surface area contributed by atoms with Gasteiger partial charge in [-0.25, -0.2) is 4.68 Å². The topological polar surface area (TPSA) is 34.9 Å². The maximum Gasteiger partial charge on any atom is 0.267 e. The van der Waals surface area contributed by atoms with E-state index in [0.717, 1.165) is 9.35 Å². The van der Waals surface area contributed by atoms with Crippen LogP contribution in [0.25, 0.3) is 0 Å². The summed E-state index contributed by atoms with van der Waals surface area (Å²) in [5.74, 6) is 0. The summed E-state index contributed by atoms with van der Waals surface area (Å²) >= 11 is 4.97. The van der Waals surface area contributed by atoms with Gasteiger partial charge in [-0.15, -0.1) is 11.3 Å². The molecular weight excluding hydrogens is 264 g/mol. The largest absolute Gasteiger partial charge is 0.268 e. The van der Waals surface area contributed by atoms with E-state index in [1.807, 2.05) is 11.4 Å². The second kappa shape index (κ2) is 4.06. The molecule has 0 saturated carbocycles. The molecule has 0 atom stereocenters. The highest BCUT2D eigenvalue weighted by Gasteiger charge is 2.00. The van der Waals surface area contributed by atoms with Crippen LogP contribution in [-0.2, 0) is 6.54 Å². The Bertz CT molecular complexity index is 491. The molecule has 0 fully saturated rings.